The van der Waals surface area contributed by atoms with Gasteiger partial charge in [0.25, 0.3) is 0 Å². The lowest BCUT2D eigenvalue weighted by Gasteiger charge is -2.09. The van der Waals surface area contributed by atoms with Crippen LogP contribution in [0, 0.1) is 13.8 Å². The van der Waals surface area contributed by atoms with Gasteiger partial charge >= 0.3 is 6.03 Å². The molecular weight excluding hydrogens is 212 g/mol. The van der Waals surface area contributed by atoms with Crippen molar-refractivity contribution < 1.29 is 4.79 Å². The van der Waals surface area contributed by atoms with Crippen LogP contribution in [0.5, 0.6) is 0 Å². The van der Waals surface area contributed by atoms with Crippen LogP contribution in [0.2, 0.25) is 0 Å². The van der Waals surface area contributed by atoms with E-state index in [1.165, 1.54) is 0 Å². The molecule has 0 saturated heterocycles. The van der Waals surface area contributed by atoms with Crippen molar-refractivity contribution in [3.63, 3.8) is 0 Å². The molecule has 0 saturated carbocycles. The molecule has 1 aromatic rings. The minimum Gasteiger partial charge on any atom is -0.314 e. The van der Waals surface area contributed by atoms with E-state index in [0.29, 0.717) is 0 Å². The Bertz CT molecular complexity index is 436. The second-order valence-electron chi connectivity index (χ2n) is 4.26. The second kappa shape index (κ2) is 6.09. The van der Waals surface area contributed by atoms with Gasteiger partial charge in [0.1, 0.15) is 0 Å². The zero-order valence-corrected chi connectivity index (χ0v) is 10.9. The van der Waals surface area contributed by atoms with Crippen LogP contribution in [0.25, 0.3) is 0 Å². The van der Waals surface area contributed by atoms with Crippen LogP contribution in [0.1, 0.15) is 31.4 Å². The second-order valence-corrected chi connectivity index (χ2v) is 4.26. The predicted octanol–water partition coefficient (Wildman–Crippen LogP) is 3.74. The topological polar surface area (TPSA) is 41.1 Å². The smallest absolute Gasteiger partial charge is 0.314 e. The van der Waals surface area contributed by atoms with Crippen molar-refractivity contribution in [1.29, 1.82) is 0 Å². The molecule has 92 valence electrons. The van der Waals surface area contributed by atoms with Gasteiger partial charge in [-0.15, -0.1) is 0 Å². The van der Waals surface area contributed by atoms with E-state index in [-0.39, 0.29) is 6.03 Å². The van der Waals surface area contributed by atoms with Crippen molar-refractivity contribution in [3.05, 3.63) is 41.1 Å². The number of nitrogens with one attached hydrogen (secondary N) is 2. The summed E-state index contributed by atoms with van der Waals surface area (Å²) in [4.78, 5) is 11.6. The van der Waals surface area contributed by atoms with Crippen LogP contribution in [0.15, 0.2) is 30.0 Å². The number of rotatable bonds is 3. The average molecular weight is 232 g/mol. The number of benzene rings is 1. The van der Waals surface area contributed by atoms with Crippen LogP contribution in [-0.4, -0.2) is 6.03 Å². The van der Waals surface area contributed by atoms with Crippen molar-refractivity contribution >= 4 is 11.7 Å². The highest BCUT2D eigenvalue weighted by Crippen LogP contribution is 2.15. The molecule has 0 spiro atoms. The Morgan fingerprint density at radius 3 is 2.71 bits per heavy atom. The zero-order chi connectivity index (χ0) is 12.8. The van der Waals surface area contributed by atoms with Crippen LogP contribution < -0.4 is 10.6 Å². The summed E-state index contributed by atoms with van der Waals surface area (Å²) in [6, 6.07) is 5.79. The summed E-state index contributed by atoms with van der Waals surface area (Å²) < 4.78 is 0. The highest BCUT2D eigenvalue weighted by Gasteiger charge is 2.02. The van der Waals surface area contributed by atoms with Crippen molar-refractivity contribution in [2.24, 2.45) is 0 Å². The fourth-order valence-corrected chi connectivity index (χ4v) is 1.32. The third-order valence-corrected chi connectivity index (χ3v) is 2.65. The van der Waals surface area contributed by atoms with Gasteiger partial charge in [0.2, 0.25) is 0 Å². The molecule has 1 aromatic carbocycles. The maximum absolute atomic E-state index is 11.6. The van der Waals surface area contributed by atoms with Gasteiger partial charge in [-0.3, -0.25) is 0 Å². The maximum atomic E-state index is 11.6. The van der Waals surface area contributed by atoms with Crippen LogP contribution in [0.3, 0.4) is 0 Å². The quantitative estimate of drug-likeness (QED) is 0.819. The van der Waals surface area contributed by atoms with Crippen LogP contribution in [0.4, 0.5) is 10.5 Å². The summed E-state index contributed by atoms with van der Waals surface area (Å²) in [6.07, 6.45) is 2.67. The lowest BCUT2D eigenvalue weighted by atomic mass is 10.1. The maximum Gasteiger partial charge on any atom is 0.323 e. The van der Waals surface area contributed by atoms with Crippen LogP contribution in [-0.2, 0) is 0 Å². The number of urea groups is 1. The number of aryl methyl sites for hydroxylation is 2. The first-order chi connectivity index (χ1) is 8.02. The van der Waals surface area contributed by atoms with E-state index in [1.807, 2.05) is 39.0 Å². The molecule has 2 N–H and O–H groups in total. The first-order valence-corrected chi connectivity index (χ1v) is 5.83. The van der Waals surface area contributed by atoms with Crippen molar-refractivity contribution in [1.82, 2.24) is 5.32 Å². The van der Waals surface area contributed by atoms with Gasteiger partial charge in [0.05, 0.1) is 0 Å². The van der Waals surface area contributed by atoms with E-state index in [1.54, 1.807) is 6.20 Å². The summed E-state index contributed by atoms with van der Waals surface area (Å²) >= 11 is 0. The number of carbonyl (C=O) groups is 1. The fraction of sp³-hybridized carbons (Fsp3) is 0.357. The summed E-state index contributed by atoms with van der Waals surface area (Å²) in [7, 11) is 0. The standard InChI is InChI=1S/C14H20N2O/c1-5-10(2)9-15-14(17)16-13-8-11(3)6-7-12(13)4/h6-9H,5H2,1-4H3,(H2,15,16,17)/b10-9+. The third-order valence-electron chi connectivity index (χ3n) is 2.65. The number of carbonyl (C=O) groups excluding carboxylic acids is 1. The molecule has 0 heterocycles. The molecule has 0 atom stereocenters. The van der Waals surface area contributed by atoms with E-state index < -0.39 is 0 Å². The summed E-state index contributed by atoms with van der Waals surface area (Å²) in [5, 5.41) is 5.55. The first-order valence-electron chi connectivity index (χ1n) is 5.83. The van der Waals surface area contributed by atoms with Gasteiger partial charge in [-0.1, -0.05) is 24.6 Å². The van der Waals surface area contributed by atoms with Gasteiger partial charge in [0.15, 0.2) is 0 Å². The Hall–Kier alpha value is -1.77. The molecule has 3 nitrogen and oxygen atoms in total. The zero-order valence-electron chi connectivity index (χ0n) is 10.9. The molecule has 3 heteroatoms. The molecule has 1 rings (SSSR count). The predicted molar refractivity (Wildman–Crippen MR) is 72.1 cm³/mol. The number of hydrogen-bond donors (Lipinski definition) is 2. The molecule has 17 heavy (non-hydrogen) atoms. The third kappa shape index (κ3) is 4.31. The average Bonchev–Trinajstić information content (AvgIpc) is 2.30. The van der Waals surface area contributed by atoms with Gasteiger partial charge < -0.3 is 10.6 Å². The number of allylic oxidation sites excluding steroid dienone is 1. The van der Waals surface area contributed by atoms with Crippen molar-refractivity contribution in [3.8, 4) is 0 Å². The Balaban J connectivity index is 2.65. The minimum absolute atomic E-state index is 0.202. The monoisotopic (exact) mass is 232 g/mol. The lowest BCUT2D eigenvalue weighted by molar-refractivity contribution is 0.255. The fourth-order valence-electron chi connectivity index (χ4n) is 1.32. The highest BCUT2D eigenvalue weighted by atomic mass is 16.2. The van der Waals surface area contributed by atoms with E-state index in [9.17, 15) is 4.79 Å². The summed E-state index contributed by atoms with van der Waals surface area (Å²) in [5.74, 6) is 0. The van der Waals surface area contributed by atoms with Gasteiger partial charge in [-0.2, -0.15) is 0 Å². The molecule has 0 aliphatic heterocycles. The van der Waals surface area contributed by atoms with E-state index in [2.05, 4.69) is 17.6 Å². The van der Waals surface area contributed by atoms with E-state index in [0.717, 1.165) is 28.8 Å². The molecule has 0 aliphatic carbocycles. The van der Waals surface area contributed by atoms with E-state index >= 15 is 0 Å². The Kier molecular flexibility index (Phi) is 4.76. The van der Waals surface area contributed by atoms with Gasteiger partial charge in [-0.05, 0) is 44.4 Å². The molecule has 0 aromatic heterocycles. The normalized spacial score (nSPS) is 11.2. The Labute approximate surface area is 103 Å². The lowest BCUT2D eigenvalue weighted by Crippen LogP contribution is -2.24. The van der Waals surface area contributed by atoms with Gasteiger partial charge in [-0.25, -0.2) is 4.79 Å². The molecular formula is C14H20N2O. The SMILES string of the molecule is CC/C(C)=C/NC(=O)Nc1cc(C)ccc1C. The largest absolute Gasteiger partial charge is 0.323 e. The number of hydrogen-bond acceptors (Lipinski definition) is 1. The summed E-state index contributed by atoms with van der Waals surface area (Å²) in [6.45, 7) is 8.01. The van der Waals surface area contributed by atoms with Gasteiger partial charge in [0, 0.05) is 11.9 Å². The van der Waals surface area contributed by atoms with Crippen molar-refractivity contribution in [2.75, 3.05) is 5.32 Å². The highest BCUT2D eigenvalue weighted by molar-refractivity contribution is 5.90. The molecule has 0 unspecified atom stereocenters. The van der Waals surface area contributed by atoms with Crippen LogP contribution >= 0.6 is 0 Å². The Morgan fingerprint density at radius 2 is 2.06 bits per heavy atom. The minimum atomic E-state index is -0.202. The molecule has 0 radical (unpaired) electrons. The molecule has 2 amide bonds. The first kappa shape index (κ1) is 13.3. The Morgan fingerprint density at radius 1 is 1.35 bits per heavy atom. The van der Waals surface area contributed by atoms with E-state index in [4.69, 9.17) is 0 Å². The molecule has 0 fully saturated rings. The molecule has 0 aliphatic rings. The summed E-state index contributed by atoms with van der Waals surface area (Å²) in [5.41, 5.74) is 4.18. The number of amides is 2. The molecule has 0 bridgehead atoms. The number of anilines is 1. The van der Waals surface area contributed by atoms with Crippen molar-refractivity contribution in [2.45, 2.75) is 34.1 Å².